The van der Waals surface area contributed by atoms with Crippen LogP contribution in [0.25, 0.3) is 0 Å². The van der Waals surface area contributed by atoms with Gasteiger partial charge in [0.15, 0.2) is 0 Å². The van der Waals surface area contributed by atoms with E-state index in [0.29, 0.717) is 0 Å². The highest BCUT2D eigenvalue weighted by molar-refractivity contribution is 7.16. The summed E-state index contributed by atoms with van der Waals surface area (Å²) in [6.07, 6.45) is 2.92. The number of thiophene rings is 1. The van der Waals surface area contributed by atoms with Crippen molar-refractivity contribution in [1.82, 2.24) is 0 Å². The van der Waals surface area contributed by atoms with E-state index in [1.54, 1.807) is 11.3 Å². The molecule has 1 atom stereocenters. The first kappa shape index (κ1) is 10.4. The van der Waals surface area contributed by atoms with Crippen molar-refractivity contribution in [3.63, 3.8) is 0 Å². The molecular formula is C10H14ClNOS. The van der Waals surface area contributed by atoms with Crippen molar-refractivity contribution >= 4 is 22.9 Å². The molecule has 2 rings (SSSR count). The number of ether oxygens (including phenoxy) is 1. The third kappa shape index (κ3) is 2.11. The standard InChI is InChI=1S/C10H14ClNOS/c11-9-3-2-8(14-9)10(12)4-1-6-13-7-5-10/h2-3H,1,4-7,12H2. The van der Waals surface area contributed by atoms with Crippen LogP contribution in [0.1, 0.15) is 24.1 Å². The maximum atomic E-state index is 6.37. The average Bonchev–Trinajstić information content (AvgIpc) is 2.47. The molecule has 0 bridgehead atoms. The molecule has 0 spiro atoms. The molecule has 0 saturated carbocycles. The van der Waals surface area contributed by atoms with E-state index in [2.05, 4.69) is 0 Å². The van der Waals surface area contributed by atoms with Crippen LogP contribution in [0.3, 0.4) is 0 Å². The van der Waals surface area contributed by atoms with Crippen LogP contribution in [0.4, 0.5) is 0 Å². The Kier molecular flexibility index (Phi) is 3.12. The van der Waals surface area contributed by atoms with Gasteiger partial charge in [-0.15, -0.1) is 11.3 Å². The monoisotopic (exact) mass is 231 g/mol. The highest BCUT2D eigenvalue weighted by atomic mass is 35.5. The van der Waals surface area contributed by atoms with Crippen molar-refractivity contribution in [2.45, 2.75) is 24.8 Å². The third-order valence-electron chi connectivity index (χ3n) is 2.67. The van der Waals surface area contributed by atoms with Gasteiger partial charge in [0.25, 0.3) is 0 Å². The fraction of sp³-hybridized carbons (Fsp3) is 0.600. The molecule has 78 valence electrons. The molecule has 1 aromatic heterocycles. The minimum Gasteiger partial charge on any atom is -0.381 e. The van der Waals surface area contributed by atoms with E-state index in [9.17, 15) is 0 Å². The van der Waals surface area contributed by atoms with Gasteiger partial charge >= 0.3 is 0 Å². The molecule has 0 aliphatic carbocycles. The lowest BCUT2D eigenvalue weighted by Crippen LogP contribution is -2.35. The normalized spacial score (nSPS) is 28.7. The van der Waals surface area contributed by atoms with Crippen molar-refractivity contribution < 1.29 is 4.74 Å². The quantitative estimate of drug-likeness (QED) is 0.807. The predicted octanol–water partition coefficient (Wildman–Crippen LogP) is 2.76. The van der Waals surface area contributed by atoms with E-state index in [4.69, 9.17) is 22.1 Å². The zero-order valence-corrected chi connectivity index (χ0v) is 9.53. The Hall–Kier alpha value is -0.0900. The second kappa shape index (κ2) is 4.19. The Morgan fingerprint density at radius 3 is 2.93 bits per heavy atom. The minimum absolute atomic E-state index is 0.214. The van der Waals surface area contributed by atoms with Crippen molar-refractivity contribution in [3.8, 4) is 0 Å². The maximum Gasteiger partial charge on any atom is 0.0931 e. The van der Waals surface area contributed by atoms with Crippen molar-refractivity contribution in [1.29, 1.82) is 0 Å². The second-order valence-corrected chi connectivity index (χ2v) is 5.44. The number of hydrogen-bond donors (Lipinski definition) is 1. The lowest BCUT2D eigenvalue weighted by molar-refractivity contribution is 0.140. The molecule has 2 N–H and O–H groups in total. The Bertz CT molecular complexity index is 305. The molecule has 1 unspecified atom stereocenters. The van der Waals surface area contributed by atoms with E-state index in [0.717, 1.165) is 36.8 Å². The second-order valence-electron chi connectivity index (χ2n) is 3.73. The van der Waals surface area contributed by atoms with Gasteiger partial charge in [-0.1, -0.05) is 11.6 Å². The first-order valence-corrected chi connectivity index (χ1v) is 6.03. The molecule has 1 aromatic rings. The number of nitrogens with two attached hydrogens (primary N) is 1. The molecule has 0 radical (unpaired) electrons. The molecule has 14 heavy (non-hydrogen) atoms. The van der Waals surface area contributed by atoms with Gasteiger partial charge in [0.05, 0.1) is 9.88 Å². The van der Waals surface area contributed by atoms with Gasteiger partial charge < -0.3 is 10.5 Å². The van der Waals surface area contributed by atoms with Crippen LogP contribution in [0, 0.1) is 0 Å². The molecule has 1 fully saturated rings. The van der Waals surface area contributed by atoms with Gasteiger partial charge in [0, 0.05) is 18.1 Å². The zero-order chi connectivity index (χ0) is 10.0. The minimum atomic E-state index is -0.214. The van der Waals surface area contributed by atoms with E-state index >= 15 is 0 Å². The molecule has 2 nitrogen and oxygen atoms in total. The van der Waals surface area contributed by atoms with Crippen LogP contribution in [0.15, 0.2) is 12.1 Å². The third-order valence-corrected chi connectivity index (χ3v) is 4.12. The van der Waals surface area contributed by atoms with Gasteiger partial charge in [-0.25, -0.2) is 0 Å². The number of rotatable bonds is 1. The molecule has 1 saturated heterocycles. The van der Waals surface area contributed by atoms with Gasteiger partial charge in [0.2, 0.25) is 0 Å². The largest absolute Gasteiger partial charge is 0.381 e. The van der Waals surface area contributed by atoms with Crippen molar-refractivity contribution in [3.05, 3.63) is 21.3 Å². The molecule has 1 aliphatic heterocycles. The van der Waals surface area contributed by atoms with Crippen LogP contribution in [-0.4, -0.2) is 13.2 Å². The average molecular weight is 232 g/mol. The van der Waals surface area contributed by atoms with Crippen LogP contribution in [-0.2, 0) is 10.3 Å². The van der Waals surface area contributed by atoms with Crippen LogP contribution in [0.2, 0.25) is 4.34 Å². The fourth-order valence-electron chi connectivity index (χ4n) is 1.80. The summed E-state index contributed by atoms with van der Waals surface area (Å²) in [6, 6.07) is 3.96. The Morgan fingerprint density at radius 2 is 2.21 bits per heavy atom. The lowest BCUT2D eigenvalue weighted by Gasteiger charge is -2.25. The van der Waals surface area contributed by atoms with Crippen LogP contribution in [0.5, 0.6) is 0 Å². The summed E-state index contributed by atoms with van der Waals surface area (Å²) >= 11 is 7.50. The first-order valence-electron chi connectivity index (χ1n) is 4.83. The summed E-state index contributed by atoms with van der Waals surface area (Å²) in [4.78, 5) is 1.19. The maximum absolute atomic E-state index is 6.37. The number of halogens is 1. The molecule has 4 heteroatoms. The summed E-state index contributed by atoms with van der Waals surface area (Å²) in [7, 11) is 0. The molecular weight excluding hydrogens is 218 g/mol. The van der Waals surface area contributed by atoms with Gasteiger partial charge in [0.1, 0.15) is 0 Å². The van der Waals surface area contributed by atoms with Crippen molar-refractivity contribution in [2.24, 2.45) is 5.73 Å². The van der Waals surface area contributed by atoms with E-state index in [1.807, 2.05) is 12.1 Å². The van der Waals surface area contributed by atoms with E-state index in [-0.39, 0.29) is 5.54 Å². The highest BCUT2D eigenvalue weighted by Crippen LogP contribution is 2.35. The summed E-state index contributed by atoms with van der Waals surface area (Å²) in [5.74, 6) is 0. The molecule has 0 aromatic carbocycles. The topological polar surface area (TPSA) is 35.2 Å². The lowest BCUT2D eigenvalue weighted by atomic mass is 9.90. The van der Waals surface area contributed by atoms with Gasteiger partial charge in [-0.3, -0.25) is 0 Å². The Balaban J connectivity index is 2.20. The van der Waals surface area contributed by atoms with E-state index < -0.39 is 0 Å². The van der Waals surface area contributed by atoms with Crippen LogP contribution >= 0.6 is 22.9 Å². The Morgan fingerprint density at radius 1 is 1.36 bits per heavy atom. The first-order chi connectivity index (χ1) is 6.71. The number of hydrogen-bond acceptors (Lipinski definition) is 3. The SMILES string of the molecule is NC1(c2ccc(Cl)s2)CCCOCC1. The molecule has 1 aliphatic rings. The van der Waals surface area contributed by atoms with Gasteiger partial charge in [-0.05, 0) is 31.4 Å². The summed E-state index contributed by atoms with van der Waals surface area (Å²) in [5, 5.41) is 0. The summed E-state index contributed by atoms with van der Waals surface area (Å²) in [5.41, 5.74) is 6.15. The zero-order valence-electron chi connectivity index (χ0n) is 7.96. The highest BCUT2D eigenvalue weighted by Gasteiger charge is 2.29. The molecule has 2 heterocycles. The smallest absolute Gasteiger partial charge is 0.0931 e. The van der Waals surface area contributed by atoms with Gasteiger partial charge in [-0.2, -0.15) is 0 Å². The Labute approximate surface area is 93.0 Å². The fourth-order valence-corrected chi connectivity index (χ4v) is 3.00. The molecule has 0 amide bonds. The van der Waals surface area contributed by atoms with E-state index in [1.165, 1.54) is 4.88 Å². The van der Waals surface area contributed by atoms with Crippen molar-refractivity contribution in [2.75, 3.05) is 13.2 Å². The predicted molar refractivity (Wildman–Crippen MR) is 59.9 cm³/mol. The summed E-state index contributed by atoms with van der Waals surface area (Å²) < 4.78 is 6.22. The van der Waals surface area contributed by atoms with Crippen LogP contribution < -0.4 is 5.73 Å². The summed E-state index contributed by atoms with van der Waals surface area (Å²) in [6.45, 7) is 1.59.